The summed E-state index contributed by atoms with van der Waals surface area (Å²) in [6.45, 7) is -1.31. The van der Waals surface area contributed by atoms with Crippen LogP contribution >= 0.6 is 0 Å². The molecule has 47 heavy (non-hydrogen) atoms. The van der Waals surface area contributed by atoms with Crippen LogP contribution in [0.5, 0.6) is 0 Å². The van der Waals surface area contributed by atoms with Crippen LogP contribution in [0, 0.1) is 0 Å². The first-order valence-electron chi connectivity index (χ1n) is 14.4. The first-order chi connectivity index (χ1) is 20.8. The van der Waals surface area contributed by atoms with Gasteiger partial charge >= 0.3 is 77.5 Å². The van der Waals surface area contributed by atoms with Crippen LogP contribution in [0.4, 0.5) is 61.5 Å². The molecule has 0 N–H and O–H groups in total. The minimum absolute atomic E-state index is 0. The SMILES string of the molecule is CCCCCCCCCCCCCCCCC(C(=O)OCC(F)(F)C(F)(F)C(F)(F)C(F)(F)C(F)(F)C(F)(F)C(F)F)S(=O)(=O)[O-].[Na+]. The van der Waals surface area contributed by atoms with E-state index in [9.17, 15) is 79.2 Å². The number of hydrogen-bond acceptors (Lipinski definition) is 5. The molecule has 0 aromatic carbocycles. The number of esters is 1. The van der Waals surface area contributed by atoms with Crippen molar-refractivity contribution in [2.45, 2.75) is 150 Å². The minimum atomic E-state index is -8.26. The molecule has 0 rings (SSSR count). The van der Waals surface area contributed by atoms with Crippen LogP contribution in [-0.4, -0.2) is 72.8 Å². The molecule has 5 nitrogen and oxygen atoms in total. The number of rotatable bonds is 25. The van der Waals surface area contributed by atoms with E-state index in [0.717, 1.165) is 44.9 Å². The van der Waals surface area contributed by atoms with Gasteiger partial charge in [-0.05, 0) is 6.42 Å². The predicted octanol–water partition coefficient (Wildman–Crippen LogP) is 6.40. The van der Waals surface area contributed by atoms with E-state index in [4.69, 9.17) is 0 Å². The Morgan fingerprint density at radius 3 is 1.30 bits per heavy atom. The van der Waals surface area contributed by atoms with E-state index < -0.39 is 76.3 Å². The standard InChI is InChI=1S/C26H38F14O5S.Na/c1-2-3-4-5-6-7-8-9-10-11-12-13-14-15-16-18(46(42,43)44)19(41)45-17-21(29,30)23(33,34)25(37,38)26(39,40)24(35,36)22(31,32)20(27)28;/h18,20H,2-17H2,1H3,(H,42,43,44);/q;+1/p-1. The Hall–Kier alpha value is -0.600. The smallest absolute Gasteiger partial charge is 0.747 e. The number of carbonyl (C=O) groups is 1. The Kier molecular flexibility index (Phi) is 20.3. The van der Waals surface area contributed by atoms with Gasteiger partial charge in [0.25, 0.3) is 0 Å². The first kappa shape index (κ1) is 48.5. The van der Waals surface area contributed by atoms with Gasteiger partial charge in [-0.1, -0.05) is 96.8 Å². The van der Waals surface area contributed by atoms with Crippen molar-refractivity contribution in [3.63, 3.8) is 0 Å². The molecule has 21 heteroatoms. The summed E-state index contributed by atoms with van der Waals surface area (Å²) in [5.74, 6) is -49.0. The summed E-state index contributed by atoms with van der Waals surface area (Å²) in [6, 6.07) is 0. The molecule has 1 unspecified atom stereocenters. The summed E-state index contributed by atoms with van der Waals surface area (Å²) in [7, 11) is -5.76. The van der Waals surface area contributed by atoms with Crippen molar-refractivity contribution >= 4 is 16.1 Å². The number of alkyl halides is 14. The van der Waals surface area contributed by atoms with E-state index in [-0.39, 0.29) is 42.4 Å². The maximum Gasteiger partial charge on any atom is 1.00 e. The van der Waals surface area contributed by atoms with Crippen molar-refractivity contribution < 1.29 is 114 Å². The van der Waals surface area contributed by atoms with Crippen LogP contribution in [0.1, 0.15) is 103 Å². The minimum Gasteiger partial charge on any atom is -0.747 e. The fourth-order valence-corrected chi connectivity index (χ4v) is 4.98. The van der Waals surface area contributed by atoms with Crippen molar-refractivity contribution in [1.82, 2.24) is 0 Å². The van der Waals surface area contributed by atoms with Crippen molar-refractivity contribution in [2.75, 3.05) is 6.61 Å². The van der Waals surface area contributed by atoms with Crippen LogP contribution < -0.4 is 29.6 Å². The fourth-order valence-electron chi connectivity index (χ4n) is 4.22. The summed E-state index contributed by atoms with van der Waals surface area (Å²) >= 11 is 0. The van der Waals surface area contributed by atoms with Gasteiger partial charge in [0.1, 0.15) is 15.4 Å². The molecule has 0 aromatic rings. The maximum absolute atomic E-state index is 13.9. The summed E-state index contributed by atoms with van der Waals surface area (Å²) < 4.78 is 224. The van der Waals surface area contributed by atoms with E-state index in [1.807, 2.05) is 0 Å². The molecule has 0 aliphatic carbocycles. The Morgan fingerprint density at radius 2 is 0.957 bits per heavy atom. The van der Waals surface area contributed by atoms with Crippen LogP contribution in [0.3, 0.4) is 0 Å². The predicted molar refractivity (Wildman–Crippen MR) is 135 cm³/mol. The Labute approximate surface area is 285 Å². The second-order valence-electron chi connectivity index (χ2n) is 10.9. The zero-order valence-electron chi connectivity index (χ0n) is 25.7. The van der Waals surface area contributed by atoms with Gasteiger partial charge in [0.15, 0.2) is 6.61 Å². The van der Waals surface area contributed by atoms with E-state index in [0.29, 0.717) is 12.8 Å². The summed E-state index contributed by atoms with van der Waals surface area (Å²) in [4.78, 5) is 11.9. The Bertz CT molecular complexity index is 1030. The van der Waals surface area contributed by atoms with Gasteiger partial charge in [0, 0.05) is 0 Å². The summed E-state index contributed by atoms with van der Waals surface area (Å²) in [6.07, 6.45) is 4.94. The number of unbranched alkanes of at least 4 members (excludes halogenated alkanes) is 13. The van der Waals surface area contributed by atoms with Gasteiger partial charge in [0.05, 0.1) is 0 Å². The normalized spacial score (nSPS) is 14.7. The Balaban J connectivity index is 0. The second-order valence-corrected chi connectivity index (χ2v) is 12.5. The molecule has 0 heterocycles. The quantitative estimate of drug-likeness (QED) is 0.0355. The van der Waals surface area contributed by atoms with Crippen LogP contribution in [0.15, 0.2) is 0 Å². The van der Waals surface area contributed by atoms with Gasteiger partial charge in [0.2, 0.25) is 0 Å². The Morgan fingerprint density at radius 1 is 0.617 bits per heavy atom. The van der Waals surface area contributed by atoms with E-state index in [2.05, 4.69) is 11.7 Å². The zero-order chi connectivity index (χ0) is 36.3. The zero-order valence-corrected chi connectivity index (χ0v) is 28.5. The van der Waals surface area contributed by atoms with Gasteiger partial charge in [-0.15, -0.1) is 0 Å². The number of carbonyl (C=O) groups excluding carboxylic acids is 1. The third-order valence-corrected chi connectivity index (χ3v) is 8.29. The molecular formula is C26H37F14NaO5S. The largest absolute Gasteiger partial charge is 1.00 e. The maximum atomic E-state index is 13.9. The van der Waals surface area contributed by atoms with Crippen LogP contribution in [0.25, 0.3) is 0 Å². The molecule has 0 saturated carbocycles. The number of halogens is 14. The summed E-state index contributed by atoms with van der Waals surface area (Å²) in [5.41, 5.74) is 0. The molecule has 0 aliphatic heterocycles. The third kappa shape index (κ3) is 12.6. The van der Waals surface area contributed by atoms with E-state index in [1.165, 1.54) is 19.3 Å². The first-order valence-corrected chi connectivity index (χ1v) is 15.9. The van der Waals surface area contributed by atoms with Crippen molar-refractivity contribution in [3.8, 4) is 0 Å². The number of hydrogen-bond donors (Lipinski definition) is 0. The van der Waals surface area contributed by atoms with Gasteiger partial charge in [-0.25, -0.2) is 17.2 Å². The molecule has 0 bridgehead atoms. The van der Waals surface area contributed by atoms with Crippen molar-refractivity contribution in [2.24, 2.45) is 0 Å². The molecule has 276 valence electrons. The van der Waals surface area contributed by atoms with Gasteiger partial charge in [-0.3, -0.25) is 4.79 Å². The molecule has 0 spiro atoms. The summed E-state index contributed by atoms with van der Waals surface area (Å²) in [5, 5.41) is -2.86. The monoisotopic (exact) mass is 750 g/mol. The van der Waals surface area contributed by atoms with Crippen molar-refractivity contribution in [3.05, 3.63) is 0 Å². The van der Waals surface area contributed by atoms with E-state index in [1.54, 1.807) is 0 Å². The van der Waals surface area contributed by atoms with Crippen molar-refractivity contribution in [1.29, 1.82) is 0 Å². The van der Waals surface area contributed by atoms with Crippen LogP contribution in [0.2, 0.25) is 0 Å². The van der Waals surface area contributed by atoms with Gasteiger partial charge in [-0.2, -0.15) is 52.7 Å². The molecule has 0 amide bonds. The molecule has 0 fully saturated rings. The second kappa shape index (κ2) is 19.7. The molecule has 0 aliphatic rings. The third-order valence-electron chi connectivity index (χ3n) is 7.16. The molecule has 0 radical (unpaired) electrons. The number of ether oxygens (including phenoxy) is 1. The topological polar surface area (TPSA) is 83.5 Å². The van der Waals surface area contributed by atoms with E-state index >= 15 is 0 Å². The molecule has 1 atom stereocenters. The average Bonchev–Trinajstić information content (AvgIpc) is 2.92. The molecule has 0 aromatic heterocycles. The molecular weight excluding hydrogens is 713 g/mol. The fraction of sp³-hybridized carbons (Fsp3) is 0.962. The molecule has 0 saturated heterocycles. The van der Waals surface area contributed by atoms with Gasteiger partial charge < -0.3 is 9.29 Å². The average molecular weight is 751 g/mol. The van der Waals surface area contributed by atoms with Crippen LogP contribution in [-0.2, 0) is 19.6 Å².